The van der Waals surface area contributed by atoms with E-state index in [1.54, 1.807) is 18.7 Å². The summed E-state index contributed by atoms with van der Waals surface area (Å²) in [6.45, 7) is 4.18. The zero-order valence-electron chi connectivity index (χ0n) is 10.9. The summed E-state index contributed by atoms with van der Waals surface area (Å²) in [4.78, 5) is 25.3. The van der Waals surface area contributed by atoms with Crippen molar-refractivity contribution in [1.29, 1.82) is 0 Å². The van der Waals surface area contributed by atoms with Crippen molar-refractivity contribution in [3.63, 3.8) is 0 Å². The highest BCUT2D eigenvalue weighted by Gasteiger charge is 2.41. The smallest absolute Gasteiger partial charge is 0.251 e. The van der Waals surface area contributed by atoms with Crippen molar-refractivity contribution in [2.45, 2.75) is 25.9 Å². The van der Waals surface area contributed by atoms with Gasteiger partial charge in [0.25, 0.3) is 5.91 Å². The first kappa shape index (κ1) is 14.0. The number of nitrogens with zero attached hydrogens (tertiary/aromatic N) is 1. The fraction of sp³-hybridized carbons (Fsp3) is 0.385. The van der Waals surface area contributed by atoms with Gasteiger partial charge in [-0.25, -0.2) is 0 Å². The number of imide groups is 1. The van der Waals surface area contributed by atoms with Gasteiger partial charge in [-0.1, -0.05) is 22.0 Å². The first-order valence-electron chi connectivity index (χ1n) is 5.96. The highest BCUT2D eigenvalue weighted by atomic mass is 79.9. The van der Waals surface area contributed by atoms with Crippen LogP contribution < -0.4 is 16.0 Å². The minimum absolute atomic E-state index is 0.160. The number of nitrogens with one attached hydrogen (secondary N) is 1. The monoisotopic (exact) mass is 325 g/mol. The molecule has 2 rings (SSSR count). The summed E-state index contributed by atoms with van der Waals surface area (Å²) in [7, 11) is 0. The van der Waals surface area contributed by atoms with Gasteiger partial charge in [0.05, 0.1) is 6.54 Å². The molecule has 5 nitrogen and oxygen atoms in total. The highest BCUT2D eigenvalue weighted by molar-refractivity contribution is 9.10. The Bertz CT molecular complexity index is 543. The largest absolute Gasteiger partial charge is 0.348 e. The second-order valence-corrected chi connectivity index (χ2v) is 5.86. The number of hydrogen-bond donors (Lipinski definition) is 2. The number of halogens is 1. The van der Waals surface area contributed by atoms with Crippen LogP contribution in [0.2, 0.25) is 0 Å². The number of rotatable bonds is 2. The lowest BCUT2D eigenvalue weighted by atomic mass is 9.97. The summed E-state index contributed by atoms with van der Waals surface area (Å²) in [6, 6.07) is 5.66. The lowest BCUT2D eigenvalue weighted by Gasteiger charge is -2.41. The maximum Gasteiger partial charge on any atom is 0.251 e. The Hall–Kier alpha value is -1.40. The molecular weight excluding hydrogens is 310 g/mol. The molecule has 1 heterocycles. The molecule has 0 spiro atoms. The molecule has 0 bridgehead atoms. The molecule has 0 radical (unpaired) electrons. The first-order valence-corrected chi connectivity index (χ1v) is 6.76. The Kier molecular flexibility index (Phi) is 3.64. The molecule has 1 aromatic rings. The van der Waals surface area contributed by atoms with E-state index in [0.717, 1.165) is 15.7 Å². The maximum atomic E-state index is 11.9. The predicted molar refractivity (Wildman–Crippen MR) is 76.6 cm³/mol. The Morgan fingerprint density at radius 1 is 1.42 bits per heavy atom. The van der Waals surface area contributed by atoms with E-state index in [0.29, 0.717) is 6.54 Å². The van der Waals surface area contributed by atoms with Crippen molar-refractivity contribution in [2.75, 3.05) is 11.4 Å². The predicted octanol–water partition coefficient (Wildman–Crippen LogP) is 1.15. The van der Waals surface area contributed by atoms with E-state index in [2.05, 4.69) is 21.2 Å². The van der Waals surface area contributed by atoms with Crippen LogP contribution in [0.15, 0.2) is 22.7 Å². The second kappa shape index (κ2) is 4.94. The molecule has 0 aliphatic carbocycles. The van der Waals surface area contributed by atoms with Gasteiger partial charge < -0.3 is 10.6 Å². The standard InChI is InChI=1S/C13H16BrN3O2/c1-13(2)12(19)16-11(18)7-17(13)9-4-3-8(6-15)10(14)5-9/h3-5H,6-7,15H2,1-2H3,(H,16,18,19). The van der Waals surface area contributed by atoms with E-state index in [9.17, 15) is 9.59 Å². The van der Waals surface area contributed by atoms with Crippen LogP contribution >= 0.6 is 15.9 Å². The molecule has 19 heavy (non-hydrogen) atoms. The van der Waals surface area contributed by atoms with Crippen molar-refractivity contribution in [3.8, 4) is 0 Å². The number of amides is 2. The van der Waals surface area contributed by atoms with Gasteiger partial charge in [0.15, 0.2) is 0 Å². The number of piperazine rings is 1. The van der Waals surface area contributed by atoms with Crippen LogP contribution in [0.5, 0.6) is 0 Å². The number of anilines is 1. The van der Waals surface area contributed by atoms with Crippen LogP contribution in [0.1, 0.15) is 19.4 Å². The normalized spacial score (nSPS) is 18.4. The van der Waals surface area contributed by atoms with Crippen molar-refractivity contribution in [2.24, 2.45) is 5.73 Å². The average Bonchev–Trinajstić information content (AvgIpc) is 2.34. The number of nitrogens with two attached hydrogens (primary N) is 1. The molecule has 2 amide bonds. The third-order valence-corrected chi connectivity index (χ3v) is 4.09. The summed E-state index contributed by atoms with van der Waals surface area (Å²) in [5, 5.41) is 2.36. The highest BCUT2D eigenvalue weighted by Crippen LogP contribution is 2.30. The van der Waals surface area contributed by atoms with Gasteiger partial charge in [0.1, 0.15) is 5.54 Å². The van der Waals surface area contributed by atoms with Crippen LogP contribution in [0.3, 0.4) is 0 Å². The zero-order chi connectivity index (χ0) is 14.2. The van der Waals surface area contributed by atoms with Crippen LogP contribution in [0.25, 0.3) is 0 Å². The quantitative estimate of drug-likeness (QED) is 0.800. The van der Waals surface area contributed by atoms with Crippen LogP contribution in [0, 0.1) is 0 Å². The van der Waals surface area contributed by atoms with E-state index in [1.165, 1.54) is 0 Å². The molecule has 1 aliphatic heterocycles. The summed E-state index contributed by atoms with van der Waals surface area (Å²) < 4.78 is 0.877. The molecule has 0 saturated carbocycles. The first-order chi connectivity index (χ1) is 8.86. The summed E-state index contributed by atoms with van der Waals surface area (Å²) in [6.07, 6.45) is 0. The number of carbonyl (C=O) groups is 2. The molecule has 1 aliphatic rings. The molecule has 0 atom stereocenters. The molecule has 1 aromatic carbocycles. The van der Waals surface area contributed by atoms with E-state index in [1.807, 2.05) is 18.2 Å². The van der Waals surface area contributed by atoms with Gasteiger partial charge in [-0.15, -0.1) is 0 Å². The lowest BCUT2D eigenvalue weighted by Crippen LogP contribution is -2.64. The number of carbonyl (C=O) groups excluding carboxylic acids is 2. The summed E-state index contributed by atoms with van der Waals surface area (Å²) in [5.41, 5.74) is 6.65. The Balaban J connectivity index is 2.41. The molecular formula is C13H16BrN3O2. The van der Waals surface area contributed by atoms with Crippen LogP contribution in [0.4, 0.5) is 5.69 Å². The van der Waals surface area contributed by atoms with Crippen LogP contribution in [-0.4, -0.2) is 23.9 Å². The van der Waals surface area contributed by atoms with Gasteiger partial charge in [-0.3, -0.25) is 14.9 Å². The third-order valence-electron chi connectivity index (χ3n) is 3.35. The van der Waals surface area contributed by atoms with Crippen molar-refractivity contribution in [1.82, 2.24) is 5.32 Å². The van der Waals surface area contributed by atoms with Crippen molar-refractivity contribution >= 4 is 33.4 Å². The van der Waals surface area contributed by atoms with E-state index < -0.39 is 5.54 Å². The van der Waals surface area contributed by atoms with Crippen molar-refractivity contribution < 1.29 is 9.59 Å². The van der Waals surface area contributed by atoms with Gasteiger partial charge in [-0.2, -0.15) is 0 Å². The molecule has 1 fully saturated rings. The molecule has 0 aromatic heterocycles. The van der Waals surface area contributed by atoms with Crippen LogP contribution in [-0.2, 0) is 16.1 Å². The Labute approximate surface area is 120 Å². The van der Waals surface area contributed by atoms with Crippen molar-refractivity contribution in [3.05, 3.63) is 28.2 Å². The average molecular weight is 326 g/mol. The van der Waals surface area contributed by atoms with E-state index in [-0.39, 0.29) is 18.4 Å². The zero-order valence-corrected chi connectivity index (χ0v) is 12.5. The molecule has 0 unspecified atom stereocenters. The number of hydrogen-bond acceptors (Lipinski definition) is 4. The molecule has 6 heteroatoms. The Morgan fingerprint density at radius 3 is 2.68 bits per heavy atom. The molecule has 102 valence electrons. The minimum atomic E-state index is -0.766. The summed E-state index contributed by atoms with van der Waals surface area (Å²) >= 11 is 3.45. The SMILES string of the molecule is CC1(C)C(=O)NC(=O)CN1c1ccc(CN)c(Br)c1. The van der Waals surface area contributed by atoms with E-state index in [4.69, 9.17) is 5.73 Å². The van der Waals surface area contributed by atoms with Gasteiger partial charge >= 0.3 is 0 Å². The molecule has 3 N–H and O–H groups in total. The minimum Gasteiger partial charge on any atom is -0.348 e. The number of benzene rings is 1. The van der Waals surface area contributed by atoms with E-state index >= 15 is 0 Å². The third kappa shape index (κ3) is 2.50. The molecule has 1 saturated heterocycles. The topological polar surface area (TPSA) is 75.4 Å². The lowest BCUT2D eigenvalue weighted by molar-refractivity contribution is -0.135. The summed E-state index contributed by atoms with van der Waals surface area (Å²) in [5.74, 6) is -0.578. The maximum absolute atomic E-state index is 11.9. The Morgan fingerprint density at radius 2 is 2.11 bits per heavy atom. The van der Waals surface area contributed by atoms with Gasteiger partial charge in [0, 0.05) is 16.7 Å². The fourth-order valence-electron chi connectivity index (χ4n) is 2.07. The van der Waals surface area contributed by atoms with Gasteiger partial charge in [0.2, 0.25) is 5.91 Å². The fourth-order valence-corrected chi connectivity index (χ4v) is 2.60. The van der Waals surface area contributed by atoms with Gasteiger partial charge in [-0.05, 0) is 31.5 Å². The second-order valence-electron chi connectivity index (χ2n) is 5.00.